The summed E-state index contributed by atoms with van der Waals surface area (Å²) in [5.74, 6) is 0.114. The number of nitrogens with one attached hydrogen (secondary N) is 2. The molecule has 2 N–H and O–H groups in total. The van der Waals surface area contributed by atoms with Crippen LogP contribution in [0.4, 0.5) is 5.69 Å². The maximum Gasteiger partial charge on any atom is 0.259 e. The predicted molar refractivity (Wildman–Crippen MR) is 77.9 cm³/mol. The summed E-state index contributed by atoms with van der Waals surface area (Å²) in [6.07, 6.45) is 6.54. The van der Waals surface area contributed by atoms with Crippen LogP contribution < -0.4 is 10.6 Å². The summed E-state index contributed by atoms with van der Waals surface area (Å²) in [4.78, 5) is 23.2. The molecule has 1 saturated carbocycles. The molecule has 1 aliphatic carbocycles. The predicted octanol–water partition coefficient (Wildman–Crippen LogP) is 2.95. The zero-order chi connectivity index (χ0) is 14.1. The van der Waals surface area contributed by atoms with Gasteiger partial charge in [0.05, 0.1) is 11.1 Å². The lowest BCUT2D eigenvalue weighted by Crippen LogP contribution is -2.27. The van der Waals surface area contributed by atoms with Crippen molar-refractivity contribution in [2.45, 2.75) is 45.1 Å². The molecular formula is C16H20N2O2. The fourth-order valence-electron chi connectivity index (χ4n) is 3.27. The van der Waals surface area contributed by atoms with E-state index in [1.165, 1.54) is 32.1 Å². The number of rotatable bonds is 3. The Morgan fingerprint density at radius 1 is 1.10 bits per heavy atom. The molecule has 1 aromatic rings. The maximum atomic E-state index is 11.7. The van der Waals surface area contributed by atoms with E-state index in [2.05, 4.69) is 17.6 Å². The van der Waals surface area contributed by atoms with E-state index in [1.54, 1.807) is 12.1 Å². The van der Waals surface area contributed by atoms with Crippen molar-refractivity contribution in [3.05, 3.63) is 29.3 Å². The number of fused-ring (bicyclic) bond motifs is 1. The zero-order valence-electron chi connectivity index (χ0n) is 11.7. The second kappa shape index (κ2) is 5.27. The number of hydrogen-bond acceptors (Lipinski definition) is 3. The van der Waals surface area contributed by atoms with Crippen LogP contribution >= 0.6 is 0 Å². The van der Waals surface area contributed by atoms with Gasteiger partial charge in [-0.3, -0.25) is 14.9 Å². The van der Waals surface area contributed by atoms with Gasteiger partial charge in [-0.15, -0.1) is 0 Å². The summed E-state index contributed by atoms with van der Waals surface area (Å²) in [5.41, 5.74) is 1.88. The van der Waals surface area contributed by atoms with Crippen molar-refractivity contribution in [3.8, 4) is 0 Å². The van der Waals surface area contributed by atoms with Gasteiger partial charge in [0.2, 0.25) is 0 Å². The number of carbonyl (C=O) groups is 2. The standard InChI is InChI=1S/C16H20N2O2/c1-10(11-5-3-2-4-6-11)17-12-7-8-13-14(9-12)16(20)18-15(13)19/h7-11,17H,2-6H2,1H3,(H,18,19,20). The van der Waals surface area contributed by atoms with Crippen molar-refractivity contribution in [2.24, 2.45) is 5.92 Å². The lowest BCUT2D eigenvalue weighted by Gasteiger charge is -2.29. The van der Waals surface area contributed by atoms with Gasteiger partial charge in [0.1, 0.15) is 0 Å². The lowest BCUT2D eigenvalue weighted by atomic mass is 9.84. The van der Waals surface area contributed by atoms with E-state index in [1.807, 2.05) is 6.07 Å². The molecule has 4 heteroatoms. The van der Waals surface area contributed by atoms with Crippen LogP contribution in [0.1, 0.15) is 59.7 Å². The number of carbonyl (C=O) groups excluding carboxylic acids is 2. The first-order chi connectivity index (χ1) is 9.65. The summed E-state index contributed by atoms with van der Waals surface area (Å²) in [6, 6.07) is 5.80. The Labute approximate surface area is 118 Å². The van der Waals surface area contributed by atoms with Gasteiger partial charge in [0, 0.05) is 11.7 Å². The van der Waals surface area contributed by atoms with Crippen LogP contribution in [0.5, 0.6) is 0 Å². The molecule has 0 aromatic heterocycles. The second-order valence-corrected chi connectivity index (χ2v) is 5.87. The third-order valence-electron chi connectivity index (χ3n) is 4.49. The molecular weight excluding hydrogens is 252 g/mol. The smallest absolute Gasteiger partial charge is 0.259 e. The molecule has 1 aliphatic heterocycles. The van der Waals surface area contributed by atoms with E-state index in [0.717, 1.165) is 5.69 Å². The molecule has 0 radical (unpaired) electrons. The van der Waals surface area contributed by atoms with Crippen molar-refractivity contribution < 1.29 is 9.59 Å². The molecule has 20 heavy (non-hydrogen) atoms. The van der Waals surface area contributed by atoms with E-state index in [9.17, 15) is 9.59 Å². The van der Waals surface area contributed by atoms with Gasteiger partial charge in [0.25, 0.3) is 11.8 Å². The van der Waals surface area contributed by atoms with E-state index in [4.69, 9.17) is 0 Å². The average molecular weight is 272 g/mol. The van der Waals surface area contributed by atoms with Crippen molar-refractivity contribution >= 4 is 17.5 Å². The lowest BCUT2D eigenvalue weighted by molar-refractivity contribution is 0.0879. The first-order valence-electron chi connectivity index (χ1n) is 7.41. The molecule has 1 atom stereocenters. The normalized spacial score (nSPS) is 20.4. The quantitative estimate of drug-likeness (QED) is 0.832. The maximum absolute atomic E-state index is 11.7. The minimum absolute atomic E-state index is 0.293. The fraction of sp³-hybridized carbons (Fsp3) is 0.500. The molecule has 2 aliphatic rings. The highest BCUT2D eigenvalue weighted by molar-refractivity contribution is 6.21. The van der Waals surface area contributed by atoms with Crippen LogP contribution in [-0.2, 0) is 0 Å². The van der Waals surface area contributed by atoms with Gasteiger partial charge in [-0.1, -0.05) is 19.3 Å². The summed E-state index contributed by atoms with van der Waals surface area (Å²) < 4.78 is 0. The van der Waals surface area contributed by atoms with Crippen LogP contribution in [0.25, 0.3) is 0 Å². The Bertz CT molecular complexity index is 547. The zero-order valence-corrected chi connectivity index (χ0v) is 11.7. The van der Waals surface area contributed by atoms with Crippen LogP contribution in [0, 0.1) is 5.92 Å². The summed E-state index contributed by atoms with van der Waals surface area (Å²) >= 11 is 0. The molecule has 1 fully saturated rings. The highest BCUT2D eigenvalue weighted by Crippen LogP contribution is 2.29. The molecule has 0 bridgehead atoms. The second-order valence-electron chi connectivity index (χ2n) is 5.87. The topological polar surface area (TPSA) is 58.2 Å². The minimum atomic E-state index is -0.295. The van der Waals surface area contributed by atoms with Crippen LogP contribution in [0.2, 0.25) is 0 Å². The van der Waals surface area contributed by atoms with Gasteiger partial charge in [-0.25, -0.2) is 0 Å². The molecule has 0 spiro atoms. The van der Waals surface area contributed by atoms with Crippen molar-refractivity contribution in [1.82, 2.24) is 5.32 Å². The Kier molecular flexibility index (Phi) is 3.47. The average Bonchev–Trinajstić information content (AvgIpc) is 2.75. The van der Waals surface area contributed by atoms with Crippen LogP contribution in [0.15, 0.2) is 18.2 Å². The van der Waals surface area contributed by atoms with Gasteiger partial charge >= 0.3 is 0 Å². The summed E-state index contributed by atoms with van der Waals surface area (Å²) in [7, 11) is 0. The van der Waals surface area contributed by atoms with E-state index >= 15 is 0 Å². The van der Waals surface area contributed by atoms with Crippen LogP contribution in [-0.4, -0.2) is 17.9 Å². The molecule has 1 aromatic carbocycles. The largest absolute Gasteiger partial charge is 0.382 e. The van der Waals surface area contributed by atoms with Gasteiger partial charge in [-0.05, 0) is 43.9 Å². The van der Waals surface area contributed by atoms with Crippen molar-refractivity contribution in [3.63, 3.8) is 0 Å². The van der Waals surface area contributed by atoms with Crippen molar-refractivity contribution in [1.29, 1.82) is 0 Å². The van der Waals surface area contributed by atoms with E-state index in [0.29, 0.717) is 23.1 Å². The number of anilines is 1. The first kappa shape index (κ1) is 13.2. The number of benzene rings is 1. The first-order valence-corrected chi connectivity index (χ1v) is 7.41. The number of hydrogen-bond donors (Lipinski definition) is 2. The minimum Gasteiger partial charge on any atom is -0.382 e. The van der Waals surface area contributed by atoms with Gasteiger partial charge < -0.3 is 5.32 Å². The molecule has 4 nitrogen and oxygen atoms in total. The highest BCUT2D eigenvalue weighted by Gasteiger charge is 2.27. The third kappa shape index (κ3) is 2.42. The number of amides is 2. The van der Waals surface area contributed by atoms with Gasteiger partial charge in [-0.2, -0.15) is 0 Å². The molecule has 1 heterocycles. The Balaban J connectivity index is 1.73. The molecule has 1 unspecified atom stereocenters. The van der Waals surface area contributed by atoms with E-state index < -0.39 is 0 Å². The molecule has 2 amide bonds. The fourth-order valence-corrected chi connectivity index (χ4v) is 3.27. The summed E-state index contributed by atoms with van der Waals surface area (Å²) in [6.45, 7) is 2.20. The molecule has 3 rings (SSSR count). The third-order valence-corrected chi connectivity index (χ3v) is 4.49. The highest BCUT2D eigenvalue weighted by atomic mass is 16.2. The van der Waals surface area contributed by atoms with Crippen LogP contribution in [0.3, 0.4) is 0 Å². The summed E-state index contributed by atoms with van der Waals surface area (Å²) in [5, 5.41) is 5.81. The van der Waals surface area contributed by atoms with E-state index in [-0.39, 0.29) is 11.8 Å². The Hall–Kier alpha value is -1.84. The molecule has 106 valence electrons. The number of imide groups is 1. The SMILES string of the molecule is CC(Nc1ccc2c(c1)C(=O)NC2=O)C1CCCCC1. The molecule has 0 saturated heterocycles. The Morgan fingerprint density at radius 3 is 2.55 bits per heavy atom. The Morgan fingerprint density at radius 2 is 1.80 bits per heavy atom. The van der Waals surface area contributed by atoms with Gasteiger partial charge in [0.15, 0.2) is 0 Å². The van der Waals surface area contributed by atoms with Crippen molar-refractivity contribution in [2.75, 3.05) is 5.32 Å². The monoisotopic (exact) mass is 272 g/mol.